The van der Waals surface area contributed by atoms with Gasteiger partial charge in [0.25, 0.3) is 0 Å². The Labute approximate surface area is 226 Å². The minimum absolute atomic E-state index is 0.483. The standard InChI is InChI=1S/C24H19Cl.C11H8N2/c25-18-11-8-17(9-12-18)20-6-3-7-21-22(20)14-15-23-19-5-2-1-4-16(19)10-13-24(21)23;1-2-4-10-8(3-1)9-5-6-12-7-11(9)13-10/h1-2,4-5,8-15,20H,3,6-7H2;1-7,13H. The second-order valence-electron chi connectivity index (χ2n) is 10.1. The van der Waals surface area contributed by atoms with Crippen LogP contribution in [0, 0.1) is 0 Å². The van der Waals surface area contributed by atoms with Crippen LogP contribution >= 0.6 is 11.6 Å². The fourth-order valence-electron chi connectivity index (χ4n) is 6.15. The van der Waals surface area contributed by atoms with Crippen molar-refractivity contribution in [2.75, 3.05) is 0 Å². The number of hydrogen-bond acceptors (Lipinski definition) is 1. The summed E-state index contributed by atoms with van der Waals surface area (Å²) in [5, 5.41) is 8.80. The van der Waals surface area contributed by atoms with Gasteiger partial charge in [-0.05, 0) is 81.8 Å². The molecule has 184 valence electrons. The monoisotopic (exact) mass is 510 g/mol. The molecule has 1 unspecified atom stereocenters. The van der Waals surface area contributed by atoms with E-state index in [9.17, 15) is 0 Å². The molecule has 7 aromatic rings. The average molecular weight is 511 g/mol. The Morgan fingerprint density at radius 3 is 2.32 bits per heavy atom. The highest BCUT2D eigenvalue weighted by atomic mass is 35.5. The average Bonchev–Trinajstić information content (AvgIpc) is 3.36. The van der Waals surface area contributed by atoms with E-state index >= 15 is 0 Å². The van der Waals surface area contributed by atoms with Crippen LogP contribution in [0.15, 0.2) is 116 Å². The van der Waals surface area contributed by atoms with Crippen LogP contribution < -0.4 is 0 Å². The molecule has 1 aliphatic carbocycles. The van der Waals surface area contributed by atoms with Gasteiger partial charge in [0, 0.05) is 33.4 Å². The number of aryl methyl sites for hydroxylation is 1. The van der Waals surface area contributed by atoms with Gasteiger partial charge in [-0.2, -0.15) is 0 Å². The van der Waals surface area contributed by atoms with E-state index in [0.29, 0.717) is 5.92 Å². The molecule has 2 heterocycles. The molecule has 38 heavy (non-hydrogen) atoms. The fourth-order valence-corrected chi connectivity index (χ4v) is 6.28. The van der Waals surface area contributed by atoms with Gasteiger partial charge in [0.05, 0.1) is 11.7 Å². The number of H-pyrrole nitrogens is 1. The van der Waals surface area contributed by atoms with Crippen LogP contribution in [0.5, 0.6) is 0 Å². The summed E-state index contributed by atoms with van der Waals surface area (Å²) in [6, 6.07) is 36.7. The number of hydrogen-bond donors (Lipinski definition) is 1. The molecule has 0 amide bonds. The molecule has 1 atom stereocenters. The molecule has 1 N–H and O–H groups in total. The molecule has 8 rings (SSSR count). The van der Waals surface area contributed by atoms with Crippen LogP contribution in [0.2, 0.25) is 5.02 Å². The van der Waals surface area contributed by atoms with Gasteiger partial charge in [0.2, 0.25) is 0 Å². The summed E-state index contributed by atoms with van der Waals surface area (Å²) >= 11 is 6.08. The molecular formula is C35H27ClN2. The Kier molecular flexibility index (Phi) is 5.83. The fraction of sp³-hybridized carbons (Fsp3) is 0.114. The zero-order valence-electron chi connectivity index (χ0n) is 21.0. The van der Waals surface area contributed by atoms with E-state index in [-0.39, 0.29) is 0 Å². The van der Waals surface area contributed by atoms with E-state index in [4.69, 9.17) is 11.6 Å². The first-order valence-corrected chi connectivity index (χ1v) is 13.6. The summed E-state index contributed by atoms with van der Waals surface area (Å²) in [7, 11) is 0. The number of halogens is 1. The first-order valence-electron chi connectivity index (χ1n) is 13.3. The van der Waals surface area contributed by atoms with Gasteiger partial charge < -0.3 is 4.98 Å². The van der Waals surface area contributed by atoms with Crippen molar-refractivity contribution in [2.24, 2.45) is 0 Å². The van der Waals surface area contributed by atoms with E-state index in [1.54, 1.807) is 0 Å². The second kappa shape index (κ2) is 9.63. The van der Waals surface area contributed by atoms with Crippen molar-refractivity contribution in [3.8, 4) is 0 Å². The Balaban J connectivity index is 0.000000156. The highest BCUT2D eigenvalue weighted by Crippen LogP contribution is 2.41. The Hall–Kier alpha value is -4.14. The summed E-state index contributed by atoms with van der Waals surface area (Å²) in [5.74, 6) is 0.483. The molecular weight excluding hydrogens is 484 g/mol. The third kappa shape index (κ3) is 4.02. The van der Waals surface area contributed by atoms with E-state index in [0.717, 1.165) is 10.5 Å². The van der Waals surface area contributed by atoms with Crippen molar-refractivity contribution < 1.29 is 0 Å². The summed E-state index contributed by atoms with van der Waals surface area (Å²) < 4.78 is 0. The van der Waals surface area contributed by atoms with Gasteiger partial charge in [0.1, 0.15) is 0 Å². The molecule has 0 bridgehead atoms. The molecule has 2 nitrogen and oxygen atoms in total. The summed E-state index contributed by atoms with van der Waals surface area (Å²) in [5.41, 5.74) is 6.69. The lowest BCUT2D eigenvalue weighted by molar-refractivity contribution is 0.619. The predicted molar refractivity (Wildman–Crippen MR) is 161 cm³/mol. The number of fused-ring (bicyclic) bond motifs is 8. The largest absolute Gasteiger partial charge is 0.353 e. The van der Waals surface area contributed by atoms with Crippen molar-refractivity contribution >= 4 is 55.0 Å². The molecule has 0 saturated carbocycles. The molecule has 0 saturated heterocycles. The van der Waals surface area contributed by atoms with Gasteiger partial charge in [-0.1, -0.05) is 90.5 Å². The summed E-state index contributed by atoms with van der Waals surface area (Å²) in [4.78, 5) is 7.39. The van der Waals surface area contributed by atoms with Crippen LogP contribution in [0.3, 0.4) is 0 Å². The third-order valence-electron chi connectivity index (χ3n) is 7.95. The lowest BCUT2D eigenvalue weighted by atomic mass is 9.77. The number of nitrogens with one attached hydrogen (secondary N) is 1. The first kappa shape index (κ1) is 23.0. The number of rotatable bonds is 1. The maximum Gasteiger partial charge on any atom is 0.0651 e. The van der Waals surface area contributed by atoms with Crippen molar-refractivity contribution in [3.05, 3.63) is 137 Å². The first-order chi connectivity index (χ1) is 18.8. The van der Waals surface area contributed by atoms with Crippen LogP contribution in [0.25, 0.3) is 43.4 Å². The summed E-state index contributed by atoms with van der Waals surface area (Å²) in [6.45, 7) is 0. The van der Waals surface area contributed by atoms with Crippen LogP contribution in [0.1, 0.15) is 35.4 Å². The molecule has 3 heteroatoms. The number of pyridine rings is 1. The number of aromatic amines is 1. The van der Waals surface area contributed by atoms with Crippen LogP contribution in [-0.4, -0.2) is 9.97 Å². The number of benzene rings is 5. The number of para-hydroxylation sites is 1. The van der Waals surface area contributed by atoms with Crippen molar-refractivity contribution in [3.63, 3.8) is 0 Å². The van der Waals surface area contributed by atoms with Gasteiger partial charge in [-0.25, -0.2) is 0 Å². The second-order valence-corrected chi connectivity index (χ2v) is 10.5. The molecule has 5 aromatic carbocycles. The SMILES string of the molecule is Clc1ccc(C2CCCc3c2ccc2c3ccc3ccccc32)cc1.c1ccc2c(c1)[nH]c1cnccc12. The molecule has 0 radical (unpaired) electrons. The highest BCUT2D eigenvalue weighted by molar-refractivity contribution is 6.30. The lowest BCUT2D eigenvalue weighted by Gasteiger charge is -2.27. The lowest BCUT2D eigenvalue weighted by Crippen LogP contribution is -2.11. The smallest absolute Gasteiger partial charge is 0.0651 e. The molecule has 2 aromatic heterocycles. The Bertz CT molecular complexity index is 1870. The molecule has 0 aliphatic heterocycles. The van der Waals surface area contributed by atoms with E-state index in [2.05, 4.69) is 88.8 Å². The quantitative estimate of drug-likeness (QED) is 0.219. The topological polar surface area (TPSA) is 28.7 Å². The van der Waals surface area contributed by atoms with Gasteiger partial charge in [-0.15, -0.1) is 0 Å². The predicted octanol–water partition coefficient (Wildman–Crippen LogP) is 9.83. The zero-order valence-corrected chi connectivity index (χ0v) is 21.7. The van der Waals surface area contributed by atoms with Gasteiger partial charge >= 0.3 is 0 Å². The Morgan fingerprint density at radius 1 is 0.658 bits per heavy atom. The minimum Gasteiger partial charge on any atom is -0.353 e. The van der Waals surface area contributed by atoms with Crippen molar-refractivity contribution in [1.29, 1.82) is 0 Å². The molecule has 0 spiro atoms. The van der Waals surface area contributed by atoms with E-state index in [1.807, 2.05) is 36.7 Å². The third-order valence-corrected chi connectivity index (χ3v) is 8.20. The maximum absolute atomic E-state index is 6.08. The van der Waals surface area contributed by atoms with Crippen molar-refractivity contribution in [1.82, 2.24) is 9.97 Å². The molecule has 0 fully saturated rings. The summed E-state index contributed by atoms with van der Waals surface area (Å²) in [6.07, 6.45) is 7.31. The number of nitrogens with zero attached hydrogens (tertiary/aromatic N) is 1. The van der Waals surface area contributed by atoms with Crippen LogP contribution in [0.4, 0.5) is 0 Å². The van der Waals surface area contributed by atoms with E-state index in [1.165, 1.54) is 73.8 Å². The highest BCUT2D eigenvalue weighted by Gasteiger charge is 2.23. The number of aromatic nitrogens is 2. The van der Waals surface area contributed by atoms with Crippen molar-refractivity contribution in [2.45, 2.75) is 25.2 Å². The Morgan fingerprint density at radius 2 is 1.42 bits per heavy atom. The van der Waals surface area contributed by atoms with E-state index < -0.39 is 0 Å². The van der Waals surface area contributed by atoms with Gasteiger partial charge in [0.15, 0.2) is 0 Å². The zero-order chi connectivity index (χ0) is 25.5. The van der Waals surface area contributed by atoms with Gasteiger partial charge in [-0.3, -0.25) is 4.98 Å². The minimum atomic E-state index is 0.483. The maximum atomic E-state index is 6.08. The molecule has 1 aliphatic rings. The van der Waals surface area contributed by atoms with Crippen LogP contribution in [-0.2, 0) is 6.42 Å². The normalized spacial score (nSPS) is 14.9.